The lowest BCUT2D eigenvalue weighted by atomic mass is 10.2. The Morgan fingerprint density at radius 2 is 1.89 bits per heavy atom. The average molecular weight is 554 g/mol. The van der Waals surface area contributed by atoms with Crippen LogP contribution in [0.15, 0.2) is 74.9 Å². The van der Waals surface area contributed by atoms with Crippen LogP contribution in [-0.2, 0) is 9.59 Å². The summed E-state index contributed by atoms with van der Waals surface area (Å²) in [7, 11) is 0. The molecule has 0 fully saturated rings. The molecule has 0 bridgehead atoms. The van der Waals surface area contributed by atoms with Gasteiger partial charge in [-0.3, -0.25) is 9.59 Å². The molecule has 36 heavy (non-hydrogen) atoms. The molecule has 1 aliphatic rings. The predicted octanol–water partition coefficient (Wildman–Crippen LogP) is 3.31. The number of amides is 2. The molecule has 2 N–H and O–H groups in total. The molecule has 1 aromatic heterocycles. The van der Waals surface area contributed by atoms with E-state index < -0.39 is 17.8 Å². The van der Waals surface area contributed by atoms with Crippen molar-refractivity contribution in [3.63, 3.8) is 0 Å². The quantitative estimate of drug-likeness (QED) is 0.144. The highest BCUT2D eigenvalue weighted by atomic mass is 79.9. The lowest BCUT2D eigenvalue weighted by molar-refractivity contribution is -0.129. The second-order valence-electron chi connectivity index (χ2n) is 7.29. The van der Waals surface area contributed by atoms with Gasteiger partial charge in [0.2, 0.25) is 0 Å². The minimum absolute atomic E-state index is 0.234. The maximum Gasteiger partial charge on any atom is 0.336 e. The zero-order valence-electron chi connectivity index (χ0n) is 18.7. The Morgan fingerprint density at radius 1 is 1.06 bits per heavy atom. The van der Waals surface area contributed by atoms with E-state index in [0.717, 1.165) is 0 Å². The Morgan fingerprint density at radius 3 is 2.69 bits per heavy atom. The molecular weight excluding hydrogens is 534 g/mol. The molecule has 0 radical (unpaired) electrons. The van der Waals surface area contributed by atoms with Gasteiger partial charge in [0.05, 0.1) is 19.0 Å². The first kappa shape index (κ1) is 24.7. The van der Waals surface area contributed by atoms with E-state index in [9.17, 15) is 14.4 Å². The summed E-state index contributed by atoms with van der Waals surface area (Å²) in [6, 6.07) is 13.1. The molecule has 10 nitrogen and oxygen atoms in total. The Labute approximate surface area is 214 Å². The molecule has 4 rings (SSSR count). The van der Waals surface area contributed by atoms with Crippen LogP contribution in [0.5, 0.6) is 17.2 Å². The van der Waals surface area contributed by atoms with E-state index in [4.69, 9.17) is 18.6 Å². The van der Waals surface area contributed by atoms with Crippen LogP contribution >= 0.6 is 15.9 Å². The Kier molecular flexibility index (Phi) is 8.14. The van der Waals surface area contributed by atoms with Crippen molar-refractivity contribution >= 4 is 46.0 Å². The number of rotatable bonds is 8. The number of benzene rings is 2. The molecule has 11 heteroatoms. The van der Waals surface area contributed by atoms with Crippen LogP contribution in [0.4, 0.5) is 0 Å². The summed E-state index contributed by atoms with van der Waals surface area (Å²) in [6.07, 6.45) is 5.53. The van der Waals surface area contributed by atoms with E-state index in [1.807, 2.05) is 0 Å². The summed E-state index contributed by atoms with van der Waals surface area (Å²) < 4.78 is 22.1. The van der Waals surface area contributed by atoms with Crippen LogP contribution in [0.1, 0.15) is 21.7 Å². The largest absolute Gasteiger partial charge is 0.486 e. The second kappa shape index (κ2) is 11.8. The number of hydrogen-bond acceptors (Lipinski definition) is 8. The first-order valence-corrected chi connectivity index (χ1v) is 11.5. The predicted molar refractivity (Wildman–Crippen MR) is 133 cm³/mol. The summed E-state index contributed by atoms with van der Waals surface area (Å²) in [5, 5.41) is 6.40. The van der Waals surface area contributed by atoms with Gasteiger partial charge in [-0.15, -0.1) is 0 Å². The van der Waals surface area contributed by atoms with Crippen molar-refractivity contribution in [1.29, 1.82) is 0 Å². The summed E-state index contributed by atoms with van der Waals surface area (Å²) in [5.74, 6) is 0.169. The van der Waals surface area contributed by atoms with Crippen LogP contribution in [0.3, 0.4) is 0 Å². The second-order valence-corrected chi connectivity index (χ2v) is 8.20. The number of furan rings is 1. The molecule has 2 aromatic carbocycles. The molecule has 2 heterocycles. The van der Waals surface area contributed by atoms with E-state index >= 15 is 0 Å². The molecular formula is C25H20BrN3O7. The standard InChI is InChI=1S/C25H20BrN3O7/c26-18-4-7-20(36-24(31)8-5-19-2-1-9-33-19)17(12-18)14-28-29-23(30)15-27-25(32)16-3-6-21-22(13-16)35-11-10-34-21/h1-9,12-14H,10-11,15H2,(H,27,32)(H,29,30)/b8-5+,28-14+. The van der Waals surface area contributed by atoms with Crippen molar-refractivity contribution in [3.8, 4) is 17.2 Å². The molecule has 0 spiro atoms. The van der Waals surface area contributed by atoms with Gasteiger partial charge in [-0.05, 0) is 54.6 Å². The van der Waals surface area contributed by atoms with Gasteiger partial charge in [-0.1, -0.05) is 15.9 Å². The van der Waals surface area contributed by atoms with Crippen molar-refractivity contribution in [2.75, 3.05) is 19.8 Å². The minimum Gasteiger partial charge on any atom is -0.486 e. The number of ether oxygens (including phenoxy) is 3. The summed E-state index contributed by atoms with van der Waals surface area (Å²) in [4.78, 5) is 36.6. The number of carbonyl (C=O) groups is 3. The van der Waals surface area contributed by atoms with Crippen molar-refractivity contribution in [2.24, 2.45) is 5.10 Å². The van der Waals surface area contributed by atoms with Gasteiger partial charge >= 0.3 is 5.97 Å². The van der Waals surface area contributed by atoms with Crippen molar-refractivity contribution in [3.05, 3.63) is 82.2 Å². The van der Waals surface area contributed by atoms with Gasteiger partial charge in [0.15, 0.2) is 11.5 Å². The molecule has 2 amide bonds. The van der Waals surface area contributed by atoms with Gasteiger partial charge in [-0.25, -0.2) is 10.2 Å². The van der Waals surface area contributed by atoms with Gasteiger partial charge in [0.25, 0.3) is 11.8 Å². The fraction of sp³-hybridized carbons (Fsp3) is 0.120. The Balaban J connectivity index is 1.30. The Hall–Kier alpha value is -4.38. The first-order chi connectivity index (χ1) is 17.5. The number of hydrazone groups is 1. The SMILES string of the molecule is O=C(CNC(=O)c1ccc2c(c1)OCCO2)N/N=C/c1cc(Br)ccc1OC(=O)/C=C/c1ccco1. The molecule has 1 aliphatic heterocycles. The highest BCUT2D eigenvalue weighted by Gasteiger charge is 2.15. The molecule has 0 aliphatic carbocycles. The van der Waals surface area contributed by atoms with Crippen molar-refractivity contribution < 1.29 is 33.0 Å². The molecule has 184 valence electrons. The molecule has 3 aromatic rings. The highest BCUT2D eigenvalue weighted by molar-refractivity contribution is 9.10. The van der Waals surface area contributed by atoms with Gasteiger partial charge in [0, 0.05) is 21.7 Å². The highest BCUT2D eigenvalue weighted by Crippen LogP contribution is 2.30. The van der Waals surface area contributed by atoms with E-state index in [-0.39, 0.29) is 12.3 Å². The van der Waals surface area contributed by atoms with Crippen LogP contribution in [0.2, 0.25) is 0 Å². The van der Waals surface area contributed by atoms with Crippen LogP contribution in [0.25, 0.3) is 6.08 Å². The smallest absolute Gasteiger partial charge is 0.336 e. The number of nitrogens with zero attached hydrogens (tertiary/aromatic N) is 1. The van der Waals surface area contributed by atoms with Crippen molar-refractivity contribution in [2.45, 2.75) is 0 Å². The van der Waals surface area contributed by atoms with E-state index in [1.54, 1.807) is 48.5 Å². The van der Waals surface area contributed by atoms with Crippen molar-refractivity contribution in [1.82, 2.24) is 10.7 Å². The number of hydrogen-bond donors (Lipinski definition) is 2. The number of fused-ring (bicyclic) bond motifs is 1. The summed E-state index contributed by atoms with van der Waals surface area (Å²) in [5.41, 5.74) is 3.09. The normalized spacial score (nSPS) is 12.5. The molecule has 0 saturated carbocycles. The molecule has 0 saturated heterocycles. The topological polar surface area (TPSA) is 128 Å². The van der Waals surface area contributed by atoms with Gasteiger partial charge < -0.3 is 23.9 Å². The lowest BCUT2D eigenvalue weighted by Crippen LogP contribution is -2.35. The van der Waals surface area contributed by atoms with E-state index in [1.165, 1.54) is 24.6 Å². The molecule has 0 atom stereocenters. The molecule has 0 unspecified atom stereocenters. The first-order valence-electron chi connectivity index (χ1n) is 10.7. The number of nitrogens with one attached hydrogen (secondary N) is 2. The van der Waals surface area contributed by atoms with Crippen LogP contribution in [-0.4, -0.2) is 43.8 Å². The zero-order chi connectivity index (χ0) is 25.3. The number of esters is 1. The third-order valence-electron chi connectivity index (χ3n) is 4.72. The summed E-state index contributed by atoms with van der Waals surface area (Å²) in [6.45, 7) is 0.549. The fourth-order valence-corrected chi connectivity index (χ4v) is 3.43. The van der Waals surface area contributed by atoms with E-state index in [0.29, 0.717) is 46.1 Å². The summed E-state index contributed by atoms with van der Waals surface area (Å²) >= 11 is 3.35. The van der Waals surface area contributed by atoms with E-state index in [2.05, 4.69) is 31.8 Å². The van der Waals surface area contributed by atoms with Gasteiger partial charge in [0.1, 0.15) is 24.7 Å². The number of carbonyl (C=O) groups excluding carboxylic acids is 3. The van der Waals surface area contributed by atoms with Crippen LogP contribution in [0, 0.1) is 0 Å². The maximum absolute atomic E-state index is 12.4. The van der Waals surface area contributed by atoms with Gasteiger partial charge in [-0.2, -0.15) is 5.10 Å². The minimum atomic E-state index is -0.616. The third kappa shape index (κ3) is 6.83. The Bertz CT molecular complexity index is 1320. The zero-order valence-corrected chi connectivity index (χ0v) is 20.3. The van der Waals surface area contributed by atoms with Crippen LogP contribution < -0.4 is 25.0 Å². The maximum atomic E-state index is 12.4. The average Bonchev–Trinajstić information content (AvgIpc) is 3.41. The third-order valence-corrected chi connectivity index (χ3v) is 5.21. The lowest BCUT2D eigenvalue weighted by Gasteiger charge is -2.18. The monoisotopic (exact) mass is 553 g/mol. The fourth-order valence-electron chi connectivity index (χ4n) is 3.05. The number of halogens is 1.